The number of hydrogen-bond acceptors (Lipinski definition) is 4. The number of likely N-dealkylation sites (N-methyl/N-ethyl adjacent to an activating group) is 1. The van der Waals surface area contributed by atoms with Crippen LogP contribution in [0.25, 0.3) is 0 Å². The Kier molecular flexibility index (Phi) is 6.77. The minimum Gasteiger partial charge on any atom is -0.383 e. The van der Waals surface area contributed by atoms with E-state index in [1.165, 1.54) is 4.88 Å². The second-order valence-corrected chi connectivity index (χ2v) is 7.66. The van der Waals surface area contributed by atoms with E-state index in [1.54, 1.807) is 18.4 Å². The van der Waals surface area contributed by atoms with Crippen LogP contribution in [0.1, 0.15) is 25.6 Å². The Morgan fingerprint density at radius 2 is 2.11 bits per heavy atom. The zero-order valence-electron chi connectivity index (χ0n) is 12.5. The Bertz CT molecular complexity index is 376. The van der Waals surface area contributed by atoms with Gasteiger partial charge in [-0.2, -0.15) is 0 Å². The summed E-state index contributed by atoms with van der Waals surface area (Å²) in [7, 11) is 3.88. The zero-order valence-corrected chi connectivity index (χ0v) is 14.1. The van der Waals surface area contributed by atoms with E-state index in [2.05, 4.69) is 44.1 Å². The normalized spacial score (nSPS) is 14.1. The third kappa shape index (κ3) is 6.72. The Labute approximate surface area is 125 Å². The van der Waals surface area contributed by atoms with Crippen LogP contribution in [0.5, 0.6) is 0 Å². The fraction of sp³-hybridized carbons (Fsp3) is 0.714. The highest BCUT2D eigenvalue weighted by Crippen LogP contribution is 2.22. The van der Waals surface area contributed by atoms with Crippen LogP contribution in [0.2, 0.25) is 4.34 Å². The molecule has 0 radical (unpaired) electrons. The lowest BCUT2D eigenvalue weighted by molar-refractivity contribution is 0.0978. The molecule has 1 aromatic rings. The first-order chi connectivity index (χ1) is 8.81. The molecule has 1 heterocycles. The molecular formula is C14H25ClN2OS. The summed E-state index contributed by atoms with van der Waals surface area (Å²) in [5, 5.41) is 3.53. The summed E-state index contributed by atoms with van der Waals surface area (Å²) in [5.41, 5.74) is 0.124. The van der Waals surface area contributed by atoms with Crippen molar-refractivity contribution in [2.75, 3.05) is 27.3 Å². The fourth-order valence-electron chi connectivity index (χ4n) is 1.77. The number of ether oxygens (including phenoxy) is 1. The summed E-state index contributed by atoms with van der Waals surface area (Å²) < 4.78 is 6.18. The Hall–Kier alpha value is -0.130. The van der Waals surface area contributed by atoms with Gasteiger partial charge in [0.25, 0.3) is 0 Å². The van der Waals surface area contributed by atoms with Crippen molar-refractivity contribution in [3.05, 3.63) is 21.3 Å². The molecule has 0 bridgehead atoms. The van der Waals surface area contributed by atoms with Crippen molar-refractivity contribution in [3.8, 4) is 0 Å². The van der Waals surface area contributed by atoms with Crippen LogP contribution in [-0.4, -0.2) is 43.8 Å². The van der Waals surface area contributed by atoms with Crippen molar-refractivity contribution < 1.29 is 4.74 Å². The molecule has 0 saturated carbocycles. The standard InChI is InChI=1S/C14H25ClN2OS/c1-14(2,3)16-8-11(10-18-5)17(4)9-12-6-7-13(15)19-12/h6-7,11,16H,8-10H2,1-5H3. The zero-order chi connectivity index (χ0) is 14.5. The van der Waals surface area contributed by atoms with Crippen molar-refractivity contribution >= 4 is 22.9 Å². The van der Waals surface area contributed by atoms with Crippen LogP contribution >= 0.6 is 22.9 Å². The predicted molar refractivity (Wildman–Crippen MR) is 84.2 cm³/mol. The van der Waals surface area contributed by atoms with Gasteiger partial charge in [-0.3, -0.25) is 4.90 Å². The average molecular weight is 305 g/mol. The highest BCUT2D eigenvalue weighted by molar-refractivity contribution is 7.16. The second-order valence-electron chi connectivity index (χ2n) is 5.86. The monoisotopic (exact) mass is 304 g/mol. The van der Waals surface area contributed by atoms with Crippen molar-refractivity contribution in [1.29, 1.82) is 0 Å². The first-order valence-electron chi connectivity index (χ1n) is 6.50. The van der Waals surface area contributed by atoms with Crippen LogP contribution in [-0.2, 0) is 11.3 Å². The Balaban J connectivity index is 2.54. The van der Waals surface area contributed by atoms with E-state index in [0.717, 1.165) is 24.0 Å². The van der Waals surface area contributed by atoms with Gasteiger partial charge in [0.1, 0.15) is 0 Å². The molecule has 0 spiro atoms. The van der Waals surface area contributed by atoms with Crippen molar-refractivity contribution in [3.63, 3.8) is 0 Å². The highest BCUT2D eigenvalue weighted by Gasteiger charge is 2.18. The molecule has 0 aliphatic rings. The van der Waals surface area contributed by atoms with E-state index >= 15 is 0 Å². The number of halogens is 1. The molecule has 1 rings (SSSR count). The van der Waals surface area contributed by atoms with Gasteiger partial charge in [0.15, 0.2) is 0 Å². The molecular weight excluding hydrogens is 280 g/mol. The molecule has 0 aliphatic carbocycles. The molecule has 0 fully saturated rings. The molecule has 0 saturated heterocycles. The first-order valence-corrected chi connectivity index (χ1v) is 7.69. The highest BCUT2D eigenvalue weighted by atomic mass is 35.5. The first kappa shape index (κ1) is 16.9. The van der Waals surface area contributed by atoms with Gasteiger partial charge in [0.2, 0.25) is 0 Å². The molecule has 1 N–H and O–H groups in total. The van der Waals surface area contributed by atoms with Crippen LogP contribution in [0.15, 0.2) is 12.1 Å². The molecule has 1 aromatic heterocycles. The van der Waals surface area contributed by atoms with E-state index in [4.69, 9.17) is 16.3 Å². The average Bonchev–Trinajstić information content (AvgIpc) is 2.68. The van der Waals surface area contributed by atoms with Gasteiger partial charge in [-0.15, -0.1) is 11.3 Å². The van der Waals surface area contributed by atoms with E-state index in [-0.39, 0.29) is 5.54 Å². The third-order valence-electron chi connectivity index (χ3n) is 2.88. The number of rotatable bonds is 7. The topological polar surface area (TPSA) is 24.5 Å². The van der Waals surface area contributed by atoms with Crippen molar-refractivity contribution in [1.82, 2.24) is 10.2 Å². The minimum atomic E-state index is 0.124. The summed E-state index contributed by atoms with van der Waals surface area (Å²) in [6, 6.07) is 4.39. The van der Waals surface area contributed by atoms with Gasteiger partial charge < -0.3 is 10.1 Å². The molecule has 3 nitrogen and oxygen atoms in total. The van der Waals surface area contributed by atoms with Gasteiger partial charge in [-0.05, 0) is 40.0 Å². The van der Waals surface area contributed by atoms with Gasteiger partial charge in [0.05, 0.1) is 10.9 Å². The maximum atomic E-state index is 5.97. The molecule has 0 amide bonds. The summed E-state index contributed by atoms with van der Waals surface area (Å²) in [6.07, 6.45) is 0. The van der Waals surface area contributed by atoms with Gasteiger partial charge >= 0.3 is 0 Å². The lowest BCUT2D eigenvalue weighted by Crippen LogP contribution is -2.48. The number of hydrogen-bond donors (Lipinski definition) is 1. The minimum absolute atomic E-state index is 0.124. The van der Waals surface area contributed by atoms with Gasteiger partial charge in [-0.25, -0.2) is 0 Å². The van der Waals surface area contributed by atoms with E-state index in [0.29, 0.717) is 6.04 Å². The van der Waals surface area contributed by atoms with Crippen LogP contribution in [0.3, 0.4) is 0 Å². The Morgan fingerprint density at radius 3 is 2.58 bits per heavy atom. The van der Waals surface area contributed by atoms with Crippen LogP contribution < -0.4 is 5.32 Å². The molecule has 0 aromatic carbocycles. The molecule has 0 aliphatic heterocycles. The molecule has 5 heteroatoms. The van der Waals surface area contributed by atoms with Gasteiger partial charge in [-0.1, -0.05) is 11.6 Å². The number of nitrogens with zero attached hydrogens (tertiary/aromatic N) is 1. The lowest BCUT2D eigenvalue weighted by atomic mass is 10.1. The van der Waals surface area contributed by atoms with E-state index in [9.17, 15) is 0 Å². The second kappa shape index (κ2) is 7.60. The lowest BCUT2D eigenvalue weighted by Gasteiger charge is -2.31. The largest absolute Gasteiger partial charge is 0.383 e. The number of methoxy groups -OCH3 is 1. The molecule has 110 valence electrons. The fourth-order valence-corrected chi connectivity index (χ4v) is 2.92. The van der Waals surface area contributed by atoms with E-state index < -0.39 is 0 Å². The number of nitrogens with one attached hydrogen (secondary N) is 1. The quantitative estimate of drug-likeness (QED) is 0.837. The van der Waals surface area contributed by atoms with Crippen molar-refractivity contribution in [2.45, 2.75) is 38.9 Å². The third-order valence-corrected chi connectivity index (χ3v) is 4.10. The Morgan fingerprint density at radius 1 is 1.42 bits per heavy atom. The molecule has 19 heavy (non-hydrogen) atoms. The smallest absolute Gasteiger partial charge is 0.0931 e. The number of thiophene rings is 1. The van der Waals surface area contributed by atoms with Gasteiger partial charge in [0, 0.05) is 36.7 Å². The van der Waals surface area contributed by atoms with Crippen molar-refractivity contribution in [2.24, 2.45) is 0 Å². The van der Waals surface area contributed by atoms with E-state index in [1.807, 2.05) is 6.07 Å². The molecule has 1 unspecified atom stereocenters. The summed E-state index contributed by atoms with van der Waals surface area (Å²) in [5.74, 6) is 0. The maximum absolute atomic E-state index is 5.97. The van der Waals surface area contributed by atoms with Crippen LogP contribution in [0, 0.1) is 0 Å². The summed E-state index contributed by atoms with van der Waals surface area (Å²) in [4.78, 5) is 3.59. The predicted octanol–water partition coefficient (Wildman–Crippen LogP) is 3.24. The molecule has 1 atom stereocenters. The SMILES string of the molecule is COCC(CNC(C)(C)C)N(C)Cc1ccc(Cl)s1. The van der Waals surface area contributed by atoms with Crippen LogP contribution in [0.4, 0.5) is 0 Å². The maximum Gasteiger partial charge on any atom is 0.0931 e. The summed E-state index contributed by atoms with van der Waals surface area (Å²) in [6.45, 7) is 9.06. The summed E-state index contributed by atoms with van der Waals surface area (Å²) >= 11 is 7.61.